The molecule has 1 saturated heterocycles. The molecule has 1 fully saturated rings. The van der Waals surface area contributed by atoms with E-state index < -0.39 is 0 Å². The van der Waals surface area contributed by atoms with Crippen molar-refractivity contribution < 1.29 is 14.3 Å². The van der Waals surface area contributed by atoms with Crippen molar-refractivity contribution in [1.29, 1.82) is 0 Å². The van der Waals surface area contributed by atoms with E-state index in [1.54, 1.807) is 16.6 Å². The van der Waals surface area contributed by atoms with E-state index in [0.29, 0.717) is 50.1 Å². The summed E-state index contributed by atoms with van der Waals surface area (Å²) in [4.78, 5) is 28.6. The maximum absolute atomic E-state index is 13.5. The van der Waals surface area contributed by atoms with Crippen molar-refractivity contribution in [3.63, 3.8) is 0 Å². The van der Waals surface area contributed by atoms with Crippen LogP contribution >= 0.6 is 0 Å². The van der Waals surface area contributed by atoms with Crippen LogP contribution in [0.25, 0.3) is 0 Å². The van der Waals surface area contributed by atoms with Crippen LogP contribution in [0.3, 0.4) is 0 Å². The highest BCUT2D eigenvalue weighted by Crippen LogP contribution is 2.33. The van der Waals surface area contributed by atoms with E-state index in [4.69, 9.17) is 9.47 Å². The van der Waals surface area contributed by atoms with Crippen LogP contribution in [-0.4, -0.2) is 48.7 Å². The highest BCUT2D eigenvalue weighted by Gasteiger charge is 2.26. The lowest BCUT2D eigenvalue weighted by molar-refractivity contribution is 0.0717. The van der Waals surface area contributed by atoms with Gasteiger partial charge in [0.25, 0.3) is 11.5 Å². The van der Waals surface area contributed by atoms with E-state index >= 15 is 0 Å². The summed E-state index contributed by atoms with van der Waals surface area (Å²) in [6.07, 6.45) is 4.73. The molecule has 1 unspecified atom stereocenters. The van der Waals surface area contributed by atoms with Crippen molar-refractivity contribution >= 4 is 5.91 Å². The summed E-state index contributed by atoms with van der Waals surface area (Å²) in [6.45, 7) is 5.83. The number of aromatic nitrogens is 1. The molecule has 0 spiro atoms. The summed E-state index contributed by atoms with van der Waals surface area (Å²) in [5.41, 5.74) is 1.68. The molecule has 1 aromatic carbocycles. The lowest BCUT2D eigenvalue weighted by atomic mass is 9.99. The van der Waals surface area contributed by atoms with Gasteiger partial charge in [0.1, 0.15) is 5.56 Å². The number of pyridine rings is 1. The van der Waals surface area contributed by atoms with E-state index in [2.05, 4.69) is 5.32 Å². The third kappa shape index (κ3) is 4.61. The standard InChI is InChI=1S/C24H31N3O4/c1-17-9-12-27(15-18-6-4-10-25-14-18)24(29)21(17)23(28)26-11-5-13-31-22-19(16-26)7-3-8-20(22)30-2/h3,7-9,12,18,25H,4-6,10-11,13-16H2,1-2H3. The van der Waals surface area contributed by atoms with E-state index in [1.807, 2.05) is 37.4 Å². The second-order valence-corrected chi connectivity index (χ2v) is 8.42. The first-order valence-corrected chi connectivity index (χ1v) is 11.1. The number of hydrogen-bond donors (Lipinski definition) is 1. The number of benzene rings is 1. The fourth-order valence-electron chi connectivity index (χ4n) is 4.48. The fraction of sp³-hybridized carbons (Fsp3) is 0.500. The number of para-hydroxylation sites is 1. The SMILES string of the molecule is COc1cccc2c1OCCCN(C(=O)c1c(C)ccn(CC3CCCNC3)c1=O)C2. The number of aryl methyl sites for hydroxylation is 1. The van der Waals surface area contributed by atoms with Crippen LogP contribution in [0, 0.1) is 12.8 Å². The normalized spacial score (nSPS) is 19.0. The summed E-state index contributed by atoms with van der Waals surface area (Å²) in [5, 5.41) is 3.39. The number of piperidine rings is 1. The largest absolute Gasteiger partial charge is 0.493 e. The van der Waals surface area contributed by atoms with Gasteiger partial charge in [0.05, 0.1) is 13.7 Å². The minimum atomic E-state index is -0.214. The molecule has 166 valence electrons. The smallest absolute Gasteiger partial charge is 0.263 e. The Labute approximate surface area is 183 Å². The molecule has 1 N–H and O–H groups in total. The summed E-state index contributed by atoms with van der Waals surface area (Å²) < 4.78 is 13.0. The molecule has 2 aliphatic rings. The molecule has 7 heteroatoms. The van der Waals surface area contributed by atoms with E-state index in [9.17, 15) is 9.59 Å². The predicted molar refractivity (Wildman–Crippen MR) is 119 cm³/mol. The first-order valence-electron chi connectivity index (χ1n) is 11.1. The summed E-state index contributed by atoms with van der Waals surface area (Å²) >= 11 is 0. The van der Waals surface area contributed by atoms with Gasteiger partial charge in [-0.2, -0.15) is 0 Å². The highest BCUT2D eigenvalue weighted by atomic mass is 16.5. The van der Waals surface area contributed by atoms with Crippen LogP contribution in [0.15, 0.2) is 35.3 Å². The minimum Gasteiger partial charge on any atom is -0.493 e. The number of hydrogen-bond acceptors (Lipinski definition) is 5. The third-order valence-corrected chi connectivity index (χ3v) is 6.19. The molecule has 1 aromatic heterocycles. The number of ether oxygens (including phenoxy) is 2. The number of amides is 1. The third-order valence-electron chi connectivity index (χ3n) is 6.19. The molecule has 31 heavy (non-hydrogen) atoms. The topological polar surface area (TPSA) is 72.8 Å². The molecule has 1 atom stereocenters. The molecule has 0 saturated carbocycles. The molecule has 7 nitrogen and oxygen atoms in total. The molecular formula is C24H31N3O4. The summed E-state index contributed by atoms with van der Waals surface area (Å²) in [5.74, 6) is 1.53. The second kappa shape index (κ2) is 9.56. The van der Waals surface area contributed by atoms with E-state index in [1.165, 1.54) is 0 Å². The molecule has 2 aliphatic heterocycles. The first-order chi connectivity index (χ1) is 15.1. The highest BCUT2D eigenvalue weighted by molar-refractivity contribution is 5.95. The average Bonchev–Trinajstić information content (AvgIpc) is 2.76. The zero-order valence-electron chi connectivity index (χ0n) is 18.4. The Kier molecular flexibility index (Phi) is 6.61. The van der Waals surface area contributed by atoms with Crippen LogP contribution in [0.2, 0.25) is 0 Å². The second-order valence-electron chi connectivity index (χ2n) is 8.42. The van der Waals surface area contributed by atoms with Crippen LogP contribution in [0.1, 0.15) is 40.7 Å². The molecule has 1 amide bonds. The molecule has 0 bridgehead atoms. The van der Waals surface area contributed by atoms with Gasteiger partial charge in [-0.25, -0.2) is 0 Å². The van der Waals surface area contributed by atoms with Crippen LogP contribution in [0.4, 0.5) is 0 Å². The molecule has 3 heterocycles. The lowest BCUT2D eigenvalue weighted by Gasteiger charge is -2.28. The number of nitrogens with one attached hydrogen (secondary N) is 1. The van der Waals surface area contributed by atoms with Gasteiger partial charge in [-0.15, -0.1) is 0 Å². The number of rotatable bonds is 4. The Bertz CT molecular complexity index is 995. The van der Waals surface area contributed by atoms with Gasteiger partial charge < -0.3 is 24.3 Å². The predicted octanol–water partition coefficient (Wildman–Crippen LogP) is 2.59. The average molecular weight is 426 g/mol. The molecular weight excluding hydrogens is 394 g/mol. The van der Waals surface area contributed by atoms with Crippen LogP contribution < -0.4 is 20.3 Å². The maximum atomic E-state index is 13.5. The van der Waals surface area contributed by atoms with Crippen LogP contribution in [0.5, 0.6) is 11.5 Å². The maximum Gasteiger partial charge on any atom is 0.263 e. The van der Waals surface area contributed by atoms with Gasteiger partial charge in [0.2, 0.25) is 0 Å². The fourth-order valence-corrected chi connectivity index (χ4v) is 4.48. The van der Waals surface area contributed by atoms with Crippen molar-refractivity contribution in [2.45, 2.75) is 39.3 Å². The van der Waals surface area contributed by atoms with Crippen molar-refractivity contribution in [1.82, 2.24) is 14.8 Å². The van der Waals surface area contributed by atoms with Crippen molar-refractivity contribution in [2.24, 2.45) is 5.92 Å². The first kappa shape index (κ1) is 21.4. The number of carbonyl (C=O) groups is 1. The monoisotopic (exact) mass is 425 g/mol. The summed E-state index contributed by atoms with van der Waals surface area (Å²) in [7, 11) is 1.61. The zero-order valence-corrected chi connectivity index (χ0v) is 18.4. The lowest BCUT2D eigenvalue weighted by Crippen LogP contribution is -2.40. The molecule has 0 radical (unpaired) electrons. The molecule has 4 rings (SSSR count). The Balaban J connectivity index is 1.62. The van der Waals surface area contributed by atoms with Crippen LogP contribution in [-0.2, 0) is 13.1 Å². The Morgan fingerprint density at radius 3 is 2.94 bits per heavy atom. The van der Waals surface area contributed by atoms with Gasteiger partial charge >= 0.3 is 0 Å². The number of methoxy groups -OCH3 is 1. The zero-order chi connectivity index (χ0) is 21.8. The Hall–Kier alpha value is -2.80. The molecule has 0 aliphatic carbocycles. The number of nitrogens with zero attached hydrogens (tertiary/aromatic N) is 2. The van der Waals surface area contributed by atoms with Gasteiger partial charge in [-0.1, -0.05) is 12.1 Å². The van der Waals surface area contributed by atoms with Gasteiger partial charge in [-0.05, 0) is 62.9 Å². The van der Waals surface area contributed by atoms with E-state index in [0.717, 1.165) is 37.1 Å². The summed E-state index contributed by atoms with van der Waals surface area (Å²) in [6, 6.07) is 7.57. The number of fused-ring (bicyclic) bond motifs is 1. The quantitative estimate of drug-likeness (QED) is 0.815. The minimum absolute atomic E-state index is 0.195. The van der Waals surface area contributed by atoms with Gasteiger partial charge in [0.15, 0.2) is 11.5 Å². The Morgan fingerprint density at radius 2 is 2.16 bits per heavy atom. The van der Waals surface area contributed by atoms with Crippen molar-refractivity contribution in [3.8, 4) is 11.5 Å². The van der Waals surface area contributed by atoms with Crippen molar-refractivity contribution in [3.05, 3.63) is 57.5 Å². The van der Waals surface area contributed by atoms with Gasteiger partial charge in [0, 0.05) is 31.4 Å². The van der Waals surface area contributed by atoms with E-state index in [-0.39, 0.29) is 17.0 Å². The van der Waals surface area contributed by atoms with Crippen molar-refractivity contribution in [2.75, 3.05) is 33.4 Å². The Morgan fingerprint density at radius 1 is 1.29 bits per heavy atom. The molecule has 2 aromatic rings. The van der Waals surface area contributed by atoms with Gasteiger partial charge in [-0.3, -0.25) is 9.59 Å². The number of carbonyl (C=O) groups excluding carboxylic acids is 1.